The summed E-state index contributed by atoms with van der Waals surface area (Å²) >= 11 is 0. The number of rotatable bonds is 5. The van der Waals surface area contributed by atoms with Gasteiger partial charge in [0.2, 0.25) is 0 Å². The van der Waals surface area contributed by atoms with Gasteiger partial charge in [0.1, 0.15) is 0 Å². The second-order valence-corrected chi connectivity index (χ2v) is 7.15. The summed E-state index contributed by atoms with van der Waals surface area (Å²) in [6, 6.07) is 11.5. The Balaban J connectivity index is 0.00000320. The summed E-state index contributed by atoms with van der Waals surface area (Å²) in [5, 5.41) is 3.20. The summed E-state index contributed by atoms with van der Waals surface area (Å²) in [6.45, 7) is 2.80. The summed E-state index contributed by atoms with van der Waals surface area (Å²) in [5.41, 5.74) is 1.41. The van der Waals surface area contributed by atoms with Crippen LogP contribution in [0.15, 0.2) is 48.5 Å². The van der Waals surface area contributed by atoms with Crippen LogP contribution < -0.4 is 5.32 Å². The first-order valence-electron chi connectivity index (χ1n) is 9.42. The van der Waals surface area contributed by atoms with E-state index in [0.717, 1.165) is 36.3 Å². The van der Waals surface area contributed by atoms with Crippen LogP contribution in [0.3, 0.4) is 0 Å². The summed E-state index contributed by atoms with van der Waals surface area (Å²) in [4.78, 5) is 2.05. The lowest BCUT2D eigenvalue weighted by Gasteiger charge is -2.35. The fourth-order valence-electron chi connectivity index (χ4n) is 3.60. The van der Waals surface area contributed by atoms with Crippen LogP contribution in [0, 0.1) is 0 Å². The lowest BCUT2D eigenvalue weighted by atomic mass is 9.96. The zero-order valence-electron chi connectivity index (χ0n) is 16.1. The van der Waals surface area contributed by atoms with E-state index in [2.05, 4.69) is 10.2 Å². The summed E-state index contributed by atoms with van der Waals surface area (Å²) in [7, 11) is 0. The highest BCUT2D eigenvalue weighted by Gasteiger charge is 2.32. The molecule has 1 N–H and O–H groups in total. The molecule has 0 spiro atoms. The number of halogens is 7. The molecule has 1 atom stereocenters. The highest BCUT2D eigenvalue weighted by atomic mass is 35.5. The molecule has 0 amide bonds. The molecule has 3 rings (SSSR count). The van der Waals surface area contributed by atoms with Crippen molar-refractivity contribution in [2.45, 2.75) is 31.2 Å². The largest absolute Gasteiger partial charge is 0.416 e. The topological polar surface area (TPSA) is 15.3 Å². The Bertz CT molecular complexity index is 781. The fourth-order valence-corrected chi connectivity index (χ4v) is 3.60. The van der Waals surface area contributed by atoms with Crippen LogP contribution in [-0.2, 0) is 6.18 Å². The van der Waals surface area contributed by atoms with Crippen molar-refractivity contribution >= 4 is 12.4 Å². The van der Waals surface area contributed by atoms with Crippen LogP contribution in [0.25, 0.3) is 11.1 Å². The van der Waals surface area contributed by atoms with Crippen molar-refractivity contribution in [2.24, 2.45) is 0 Å². The lowest BCUT2D eigenvalue weighted by Crippen LogP contribution is -2.45. The Morgan fingerprint density at radius 2 is 1.30 bits per heavy atom. The van der Waals surface area contributed by atoms with E-state index in [4.69, 9.17) is 0 Å². The Labute approximate surface area is 177 Å². The van der Waals surface area contributed by atoms with Gasteiger partial charge in [0.15, 0.2) is 0 Å². The first-order chi connectivity index (χ1) is 13.6. The minimum Gasteiger partial charge on any atom is -0.314 e. The van der Waals surface area contributed by atoms with E-state index >= 15 is 0 Å². The number of hydrogen-bond acceptors (Lipinski definition) is 2. The predicted octanol–water partition coefficient (Wildman–Crippen LogP) is 6.08. The highest BCUT2D eigenvalue weighted by Crippen LogP contribution is 2.34. The third-order valence-electron chi connectivity index (χ3n) is 5.13. The van der Waals surface area contributed by atoms with Gasteiger partial charge in [-0.3, -0.25) is 4.90 Å². The van der Waals surface area contributed by atoms with Crippen molar-refractivity contribution in [3.8, 4) is 11.1 Å². The third-order valence-corrected chi connectivity index (χ3v) is 5.13. The highest BCUT2D eigenvalue weighted by molar-refractivity contribution is 5.85. The van der Waals surface area contributed by atoms with Gasteiger partial charge >= 0.3 is 12.4 Å². The fraction of sp³-hybridized carbons (Fsp3) is 0.429. The molecular weight excluding hydrogens is 430 g/mol. The van der Waals surface area contributed by atoms with Crippen LogP contribution in [-0.4, -0.2) is 37.3 Å². The van der Waals surface area contributed by atoms with Crippen molar-refractivity contribution in [1.82, 2.24) is 10.2 Å². The quantitative estimate of drug-likeness (QED) is 0.553. The maximum absolute atomic E-state index is 12.8. The maximum atomic E-state index is 12.8. The molecule has 30 heavy (non-hydrogen) atoms. The molecule has 1 aliphatic heterocycles. The van der Waals surface area contributed by atoms with Crippen LogP contribution >= 0.6 is 12.4 Å². The first kappa shape index (κ1) is 24.5. The lowest BCUT2D eigenvalue weighted by molar-refractivity contribution is -0.139. The number of alkyl halides is 6. The van der Waals surface area contributed by atoms with Gasteiger partial charge in [-0.25, -0.2) is 0 Å². The van der Waals surface area contributed by atoms with Crippen molar-refractivity contribution in [2.75, 3.05) is 26.2 Å². The van der Waals surface area contributed by atoms with Gasteiger partial charge in [-0.2, -0.15) is 26.3 Å². The van der Waals surface area contributed by atoms with Crippen LogP contribution in [0.1, 0.15) is 30.0 Å². The molecule has 166 valence electrons. The Morgan fingerprint density at radius 3 is 1.77 bits per heavy atom. The number of nitrogens with one attached hydrogen (secondary N) is 1. The molecule has 0 bridgehead atoms. The number of piperazine rings is 1. The van der Waals surface area contributed by atoms with Crippen LogP contribution in [0.5, 0.6) is 0 Å². The van der Waals surface area contributed by atoms with Gasteiger partial charge < -0.3 is 5.32 Å². The molecule has 1 aliphatic rings. The molecule has 1 fully saturated rings. The zero-order valence-corrected chi connectivity index (χ0v) is 16.9. The van der Waals surface area contributed by atoms with E-state index in [9.17, 15) is 26.3 Å². The number of benzene rings is 2. The van der Waals surface area contributed by atoms with E-state index in [1.54, 1.807) is 24.3 Å². The van der Waals surface area contributed by atoms with E-state index in [-0.39, 0.29) is 24.9 Å². The van der Waals surface area contributed by atoms with E-state index in [1.165, 1.54) is 12.1 Å². The van der Waals surface area contributed by atoms with Gasteiger partial charge in [0, 0.05) is 38.6 Å². The SMILES string of the molecule is Cl.FC(F)(F)CC[C@H](c1ccc(-c2ccc(C(F)(F)F)cc2)cc1)N1CCNCC1. The zero-order chi connectivity index (χ0) is 21.1. The Kier molecular flexibility index (Phi) is 8.19. The molecule has 1 heterocycles. The van der Waals surface area contributed by atoms with Crippen molar-refractivity contribution < 1.29 is 26.3 Å². The van der Waals surface area contributed by atoms with E-state index in [0.29, 0.717) is 18.7 Å². The predicted molar refractivity (Wildman–Crippen MR) is 107 cm³/mol. The average Bonchev–Trinajstić information content (AvgIpc) is 2.68. The monoisotopic (exact) mass is 452 g/mol. The molecule has 0 aliphatic carbocycles. The summed E-state index contributed by atoms with van der Waals surface area (Å²) in [5.74, 6) is 0. The number of nitrogens with zero attached hydrogens (tertiary/aromatic N) is 1. The van der Waals surface area contributed by atoms with Crippen molar-refractivity contribution in [1.29, 1.82) is 0 Å². The first-order valence-corrected chi connectivity index (χ1v) is 9.42. The molecule has 0 aromatic heterocycles. The Hall–Kier alpha value is -1.77. The smallest absolute Gasteiger partial charge is 0.314 e. The third kappa shape index (κ3) is 6.62. The number of hydrogen-bond donors (Lipinski definition) is 1. The minimum atomic E-state index is -4.39. The summed E-state index contributed by atoms with van der Waals surface area (Å²) < 4.78 is 76.5. The second-order valence-electron chi connectivity index (χ2n) is 7.15. The molecule has 0 radical (unpaired) electrons. The molecule has 9 heteroatoms. The van der Waals surface area contributed by atoms with Crippen LogP contribution in [0.2, 0.25) is 0 Å². The van der Waals surface area contributed by atoms with Gasteiger partial charge in [0.05, 0.1) is 5.56 Å². The minimum absolute atomic E-state index is 0. The van der Waals surface area contributed by atoms with E-state index in [1.807, 2.05) is 0 Å². The standard InChI is InChI=1S/C21H22F6N2.ClH/c22-20(23,24)10-9-19(29-13-11-28-12-14-29)17-3-1-15(2-4-17)16-5-7-18(8-6-16)21(25,26)27;/h1-8,19,28H,9-14H2;1H/t19-;/m1./s1. The second kappa shape index (κ2) is 10.0. The van der Waals surface area contributed by atoms with Crippen LogP contribution in [0.4, 0.5) is 26.3 Å². The maximum Gasteiger partial charge on any atom is 0.416 e. The average molecular weight is 453 g/mol. The van der Waals surface area contributed by atoms with E-state index < -0.39 is 24.3 Å². The van der Waals surface area contributed by atoms with Gasteiger partial charge in [0.25, 0.3) is 0 Å². The van der Waals surface area contributed by atoms with Crippen molar-refractivity contribution in [3.63, 3.8) is 0 Å². The van der Waals surface area contributed by atoms with Gasteiger partial charge in [-0.1, -0.05) is 36.4 Å². The molecule has 0 saturated carbocycles. The van der Waals surface area contributed by atoms with Gasteiger partial charge in [-0.05, 0) is 35.2 Å². The molecule has 2 aromatic rings. The summed E-state index contributed by atoms with van der Waals surface area (Å²) in [6.07, 6.45) is -9.49. The molecule has 1 saturated heterocycles. The molecular formula is C21H23ClF6N2. The Morgan fingerprint density at radius 1 is 0.800 bits per heavy atom. The molecule has 2 nitrogen and oxygen atoms in total. The normalized spacial score (nSPS) is 16.7. The molecule has 2 aromatic carbocycles. The van der Waals surface area contributed by atoms with Crippen molar-refractivity contribution in [3.05, 3.63) is 59.7 Å². The van der Waals surface area contributed by atoms with Gasteiger partial charge in [-0.15, -0.1) is 12.4 Å². The molecule has 0 unspecified atom stereocenters.